The van der Waals surface area contributed by atoms with Crippen LogP contribution < -0.4 is 10.5 Å². The van der Waals surface area contributed by atoms with Gasteiger partial charge < -0.3 is 19.8 Å². The van der Waals surface area contributed by atoms with Crippen LogP contribution in [0.25, 0.3) is 17.4 Å². The average Bonchev–Trinajstić information content (AvgIpc) is 3.07. The van der Waals surface area contributed by atoms with E-state index in [1.807, 2.05) is 23.1 Å². The molecular weight excluding hydrogens is 328 g/mol. The molecule has 0 spiro atoms. The Labute approximate surface area is 154 Å². The summed E-state index contributed by atoms with van der Waals surface area (Å²) >= 11 is 0. The lowest BCUT2D eigenvalue weighted by molar-refractivity contribution is -0.128. The molecule has 2 unspecified atom stereocenters. The van der Waals surface area contributed by atoms with E-state index in [4.69, 9.17) is 14.9 Å². The van der Waals surface area contributed by atoms with Gasteiger partial charge in [0.2, 0.25) is 5.91 Å². The molecule has 2 heterocycles. The Morgan fingerprint density at radius 2 is 1.96 bits per heavy atom. The van der Waals surface area contributed by atoms with Crippen LogP contribution in [0.4, 0.5) is 5.69 Å². The van der Waals surface area contributed by atoms with Crippen molar-refractivity contribution >= 4 is 17.7 Å². The first-order chi connectivity index (χ1) is 12.5. The number of ether oxygens (including phenoxy) is 1. The predicted molar refractivity (Wildman–Crippen MR) is 104 cm³/mol. The number of nitrogens with zero attached hydrogens (tertiary/aromatic N) is 1. The van der Waals surface area contributed by atoms with Crippen LogP contribution in [0.1, 0.15) is 26.0 Å². The molecule has 2 aromatic rings. The monoisotopic (exact) mass is 354 g/mol. The molecule has 1 aromatic carbocycles. The molecule has 1 amide bonds. The van der Waals surface area contributed by atoms with Crippen molar-refractivity contribution in [3.63, 3.8) is 0 Å². The van der Waals surface area contributed by atoms with Crippen molar-refractivity contribution in [2.75, 3.05) is 25.9 Å². The van der Waals surface area contributed by atoms with Gasteiger partial charge in [0, 0.05) is 30.9 Å². The summed E-state index contributed by atoms with van der Waals surface area (Å²) in [6, 6.07) is 9.13. The summed E-state index contributed by atoms with van der Waals surface area (Å²) in [5.41, 5.74) is 7.25. The van der Waals surface area contributed by atoms with Crippen molar-refractivity contribution in [2.45, 2.75) is 20.3 Å². The number of furan rings is 1. The number of anilines is 1. The number of benzene rings is 1. The van der Waals surface area contributed by atoms with Crippen LogP contribution in [-0.4, -0.2) is 31.0 Å². The highest BCUT2D eigenvalue weighted by atomic mass is 16.5. The van der Waals surface area contributed by atoms with Crippen molar-refractivity contribution in [1.82, 2.24) is 4.90 Å². The zero-order valence-electron chi connectivity index (χ0n) is 15.6. The number of carbonyl (C=O) groups is 1. The predicted octanol–water partition coefficient (Wildman–Crippen LogP) is 4.06. The number of carbonyl (C=O) groups excluding carboxylic acids is 1. The molecule has 1 aliphatic heterocycles. The van der Waals surface area contributed by atoms with E-state index in [9.17, 15) is 4.79 Å². The highest BCUT2D eigenvalue weighted by molar-refractivity contribution is 5.91. The highest BCUT2D eigenvalue weighted by Gasteiger charge is 2.24. The fourth-order valence-corrected chi connectivity index (χ4v) is 3.60. The summed E-state index contributed by atoms with van der Waals surface area (Å²) in [6.07, 6.45) is 4.49. The third kappa shape index (κ3) is 4.10. The summed E-state index contributed by atoms with van der Waals surface area (Å²) in [4.78, 5) is 14.4. The van der Waals surface area contributed by atoms with Gasteiger partial charge in [0.1, 0.15) is 17.3 Å². The van der Waals surface area contributed by atoms with Crippen LogP contribution in [0, 0.1) is 11.8 Å². The Morgan fingerprint density at radius 1 is 1.23 bits per heavy atom. The SMILES string of the molecule is COc1cc(N)ccc1-c1ccc(/C=C/C(=O)N2CC(C)CC(C)C2)o1. The van der Waals surface area contributed by atoms with Gasteiger partial charge in [-0.25, -0.2) is 0 Å². The minimum absolute atomic E-state index is 0.0337. The van der Waals surface area contributed by atoms with E-state index >= 15 is 0 Å². The molecule has 1 aliphatic rings. The normalized spacial score (nSPS) is 20.5. The van der Waals surface area contributed by atoms with E-state index in [0.717, 1.165) is 18.7 Å². The number of methoxy groups -OCH3 is 1. The number of hydrogen-bond donors (Lipinski definition) is 1. The fourth-order valence-electron chi connectivity index (χ4n) is 3.60. The number of rotatable bonds is 4. The van der Waals surface area contributed by atoms with Crippen molar-refractivity contribution in [2.24, 2.45) is 11.8 Å². The van der Waals surface area contributed by atoms with Crippen LogP contribution in [0.15, 0.2) is 40.8 Å². The molecular formula is C21H26N2O3. The molecule has 0 radical (unpaired) electrons. The second-order valence-electron chi connectivity index (χ2n) is 7.18. The Hall–Kier alpha value is -2.69. The fraction of sp³-hybridized carbons (Fsp3) is 0.381. The summed E-state index contributed by atoms with van der Waals surface area (Å²) in [5.74, 6) is 3.08. The van der Waals surface area contributed by atoms with E-state index in [2.05, 4.69) is 13.8 Å². The molecule has 26 heavy (non-hydrogen) atoms. The van der Waals surface area contributed by atoms with Crippen molar-refractivity contribution in [1.29, 1.82) is 0 Å². The second kappa shape index (κ2) is 7.68. The number of nitrogens with two attached hydrogens (primary N) is 1. The molecule has 2 N–H and O–H groups in total. The zero-order chi connectivity index (χ0) is 18.7. The van der Waals surface area contributed by atoms with E-state index in [-0.39, 0.29) is 5.91 Å². The quantitative estimate of drug-likeness (QED) is 0.664. The molecule has 0 saturated carbocycles. The maximum atomic E-state index is 12.4. The number of nitrogen functional groups attached to an aromatic ring is 1. The van der Waals surface area contributed by atoms with E-state index in [0.29, 0.717) is 34.8 Å². The van der Waals surface area contributed by atoms with Gasteiger partial charge in [0.15, 0.2) is 0 Å². The molecule has 5 heteroatoms. The van der Waals surface area contributed by atoms with Crippen molar-refractivity contribution < 1.29 is 13.9 Å². The Bertz CT molecular complexity index is 799. The lowest BCUT2D eigenvalue weighted by Gasteiger charge is -2.34. The van der Waals surface area contributed by atoms with Gasteiger partial charge >= 0.3 is 0 Å². The number of likely N-dealkylation sites (tertiary alicyclic amines) is 1. The van der Waals surface area contributed by atoms with Crippen molar-refractivity contribution in [3.05, 3.63) is 42.2 Å². The van der Waals surface area contributed by atoms with Crippen LogP contribution in [-0.2, 0) is 4.79 Å². The van der Waals surface area contributed by atoms with E-state index < -0.39 is 0 Å². The van der Waals surface area contributed by atoms with Crippen LogP contribution in [0.3, 0.4) is 0 Å². The van der Waals surface area contributed by atoms with Crippen LogP contribution >= 0.6 is 0 Å². The Kier molecular flexibility index (Phi) is 5.35. The molecule has 0 aliphatic carbocycles. The Balaban J connectivity index is 1.72. The smallest absolute Gasteiger partial charge is 0.246 e. The van der Waals surface area contributed by atoms with E-state index in [1.165, 1.54) is 6.42 Å². The van der Waals surface area contributed by atoms with E-state index in [1.54, 1.807) is 31.4 Å². The number of amides is 1. The highest BCUT2D eigenvalue weighted by Crippen LogP contribution is 2.33. The molecule has 0 bridgehead atoms. The first-order valence-corrected chi connectivity index (χ1v) is 8.97. The molecule has 5 nitrogen and oxygen atoms in total. The van der Waals surface area contributed by atoms with Gasteiger partial charge in [-0.15, -0.1) is 0 Å². The summed E-state index contributed by atoms with van der Waals surface area (Å²) < 4.78 is 11.2. The maximum Gasteiger partial charge on any atom is 0.246 e. The first-order valence-electron chi connectivity index (χ1n) is 8.97. The third-order valence-corrected chi connectivity index (χ3v) is 4.69. The van der Waals surface area contributed by atoms with Gasteiger partial charge in [-0.1, -0.05) is 13.8 Å². The van der Waals surface area contributed by atoms with Crippen molar-refractivity contribution in [3.8, 4) is 17.1 Å². The Morgan fingerprint density at radius 3 is 2.65 bits per heavy atom. The largest absolute Gasteiger partial charge is 0.496 e. The van der Waals surface area contributed by atoms with Crippen LogP contribution in [0.5, 0.6) is 5.75 Å². The molecule has 2 atom stereocenters. The molecule has 3 rings (SSSR count). The lowest BCUT2D eigenvalue weighted by atomic mass is 9.92. The van der Waals surface area contributed by atoms with Gasteiger partial charge in [-0.3, -0.25) is 4.79 Å². The first kappa shape index (κ1) is 18.1. The molecule has 138 valence electrons. The minimum Gasteiger partial charge on any atom is -0.496 e. The average molecular weight is 354 g/mol. The summed E-state index contributed by atoms with van der Waals surface area (Å²) in [5, 5.41) is 0. The van der Waals surface area contributed by atoms with Gasteiger partial charge in [-0.2, -0.15) is 0 Å². The van der Waals surface area contributed by atoms with Gasteiger partial charge in [-0.05, 0) is 48.6 Å². The maximum absolute atomic E-state index is 12.4. The van der Waals surface area contributed by atoms with Crippen LogP contribution in [0.2, 0.25) is 0 Å². The third-order valence-electron chi connectivity index (χ3n) is 4.69. The molecule has 1 saturated heterocycles. The standard InChI is InChI=1S/C21H26N2O3/c1-14-10-15(2)13-23(12-14)21(24)9-6-17-5-8-19(26-17)18-7-4-16(22)11-20(18)25-3/h4-9,11,14-15H,10,12-13,22H2,1-3H3/b9-6+. The number of hydrogen-bond acceptors (Lipinski definition) is 4. The summed E-state index contributed by atoms with van der Waals surface area (Å²) in [7, 11) is 1.60. The lowest BCUT2D eigenvalue weighted by Crippen LogP contribution is -2.41. The topological polar surface area (TPSA) is 68.7 Å². The second-order valence-corrected chi connectivity index (χ2v) is 7.18. The molecule has 1 fully saturated rings. The zero-order valence-corrected chi connectivity index (χ0v) is 15.6. The van der Waals surface area contributed by atoms with Gasteiger partial charge in [0.05, 0.1) is 12.7 Å². The minimum atomic E-state index is 0.0337. The number of piperidine rings is 1. The van der Waals surface area contributed by atoms with Gasteiger partial charge in [0.25, 0.3) is 0 Å². The summed E-state index contributed by atoms with van der Waals surface area (Å²) in [6.45, 7) is 6.02. The molecule has 1 aromatic heterocycles.